The second kappa shape index (κ2) is 5.67. The Bertz CT molecular complexity index is 649. The minimum Gasteiger partial charge on any atom is -0.321 e. The molecule has 2 aromatic rings. The minimum absolute atomic E-state index is 0.0662. The highest BCUT2D eigenvalue weighted by Crippen LogP contribution is 2.24. The Labute approximate surface area is 121 Å². The summed E-state index contributed by atoms with van der Waals surface area (Å²) in [4.78, 5) is 11.9. The van der Waals surface area contributed by atoms with Crippen molar-refractivity contribution >= 4 is 39.1 Å². The summed E-state index contributed by atoms with van der Waals surface area (Å²) in [5.41, 5.74) is 0.360. The molecule has 0 saturated heterocycles. The average Bonchev–Trinajstić information content (AvgIpc) is 2.37. The minimum atomic E-state index is -0.687. The van der Waals surface area contributed by atoms with Gasteiger partial charge in [0.1, 0.15) is 11.6 Å². The number of amides is 1. The molecule has 0 unspecified atom stereocenters. The largest absolute Gasteiger partial charge is 0.321 e. The number of hydrogen-bond acceptors (Lipinski definition) is 1. The highest BCUT2D eigenvalue weighted by molar-refractivity contribution is 9.10. The first-order chi connectivity index (χ1) is 8.97. The van der Waals surface area contributed by atoms with Gasteiger partial charge in [-0.3, -0.25) is 4.79 Å². The van der Waals surface area contributed by atoms with Gasteiger partial charge in [0.05, 0.1) is 10.7 Å². The van der Waals surface area contributed by atoms with Gasteiger partial charge in [-0.2, -0.15) is 0 Å². The van der Waals surface area contributed by atoms with Crippen LogP contribution >= 0.6 is 27.5 Å². The molecule has 0 spiro atoms. The number of carbonyl (C=O) groups is 1. The van der Waals surface area contributed by atoms with Gasteiger partial charge in [0.2, 0.25) is 0 Å². The van der Waals surface area contributed by atoms with Gasteiger partial charge in [-0.15, -0.1) is 0 Å². The molecular weight excluding hydrogens is 340 g/mol. The highest BCUT2D eigenvalue weighted by Gasteiger charge is 2.11. The topological polar surface area (TPSA) is 29.1 Å². The third-order valence-corrected chi connectivity index (χ3v) is 3.36. The molecule has 1 amide bonds. The number of anilines is 1. The van der Waals surface area contributed by atoms with Crippen LogP contribution in [0.3, 0.4) is 0 Å². The molecular formula is C13H7BrClF2NO. The molecule has 0 saturated carbocycles. The molecule has 2 rings (SSSR count). The lowest BCUT2D eigenvalue weighted by Gasteiger charge is -2.08. The van der Waals surface area contributed by atoms with Gasteiger partial charge < -0.3 is 5.32 Å². The van der Waals surface area contributed by atoms with Crippen LogP contribution in [0.15, 0.2) is 40.9 Å². The molecule has 0 aliphatic heterocycles. The Balaban J connectivity index is 2.25. The van der Waals surface area contributed by atoms with E-state index in [4.69, 9.17) is 11.6 Å². The molecule has 2 nitrogen and oxygen atoms in total. The van der Waals surface area contributed by atoms with Crippen LogP contribution in [0.25, 0.3) is 0 Å². The molecule has 98 valence electrons. The normalized spacial score (nSPS) is 10.3. The average molecular weight is 347 g/mol. The molecule has 0 atom stereocenters. The van der Waals surface area contributed by atoms with Crippen molar-refractivity contribution < 1.29 is 13.6 Å². The Morgan fingerprint density at radius 3 is 2.58 bits per heavy atom. The van der Waals surface area contributed by atoms with Crippen molar-refractivity contribution in [3.8, 4) is 0 Å². The smallest absolute Gasteiger partial charge is 0.255 e. The molecule has 0 fully saturated rings. The lowest BCUT2D eigenvalue weighted by atomic mass is 10.2. The maximum absolute atomic E-state index is 13.2. The Kier molecular flexibility index (Phi) is 4.17. The van der Waals surface area contributed by atoms with E-state index in [1.807, 2.05) is 0 Å². The molecule has 0 aromatic heterocycles. The zero-order chi connectivity index (χ0) is 14.0. The molecule has 6 heteroatoms. The van der Waals surface area contributed by atoms with Crippen LogP contribution in [0.2, 0.25) is 5.02 Å². The van der Waals surface area contributed by atoms with Gasteiger partial charge in [-0.05, 0) is 52.3 Å². The first-order valence-electron chi connectivity index (χ1n) is 5.19. The third kappa shape index (κ3) is 3.30. The third-order valence-electron chi connectivity index (χ3n) is 2.36. The van der Waals surface area contributed by atoms with Crippen LogP contribution in [-0.4, -0.2) is 5.91 Å². The quantitative estimate of drug-likeness (QED) is 0.844. The second-order valence-electron chi connectivity index (χ2n) is 3.71. The fraction of sp³-hybridized carbons (Fsp3) is 0. The lowest BCUT2D eigenvalue weighted by Crippen LogP contribution is -2.12. The van der Waals surface area contributed by atoms with Crippen molar-refractivity contribution in [2.75, 3.05) is 5.32 Å². The predicted molar refractivity (Wildman–Crippen MR) is 73.5 cm³/mol. The van der Waals surface area contributed by atoms with Gasteiger partial charge in [0.15, 0.2) is 0 Å². The van der Waals surface area contributed by atoms with Gasteiger partial charge in [-0.25, -0.2) is 8.78 Å². The summed E-state index contributed by atoms with van der Waals surface area (Å²) in [5.74, 6) is -1.73. The summed E-state index contributed by atoms with van der Waals surface area (Å²) in [6.07, 6.45) is 0. The number of halogens is 4. The Morgan fingerprint density at radius 2 is 1.89 bits per heavy atom. The number of benzene rings is 2. The predicted octanol–water partition coefficient (Wildman–Crippen LogP) is 4.63. The summed E-state index contributed by atoms with van der Waals surface area (Å²) < 4.78 is 26.8. The van der Waals surface area contributed by atoms with E-state index in [-0.39, 0.29) is 16.3 Å². The van der Waals surface area contributed by atoms with Gasteiger partial charge >= 0.3 is 0 Å². The van der Waals surface area contributed by atoms with Crippen molar-refractivity contribution in [1.82, 2.24) is 0 Å². The van der Waals surface area contributed by atoms with Gasteiger partial charge in [-0.1, -0.05) is 11.6 Å². The van der Waals surface area contributed by atoms with E-state index >= 15 is 0 Å². The number of hydrogen-bond donors (Lipinski definition) is 1. The SMILES string of the molecule is O=C(Nc1cc(F)ccc1Br)c1ccc(Cl)c(F)c1. The summed E-state index contributed by atoms with van der Waals surface area (Å²) in [5, 5.41) is 2.41. The van der Waals surface area contributed by atoms with Crippen LogP contribution in [0.1, 0.15) is 10.4 Å². The number of nitrogens with one attached hydrogen (secondary N) is 1. The van der Waals surface area contributed by atoms with E-state index in [1.54, 1.807) is 0 Å². The molecule has 0 radical (unpaired) electrons. The summed E-state index contributed by atoms with van der Waals surface area (Å²) in [6.45, 7) is 0. The van der Waals surface area contributed by atoms with Crippen molar-refractivity contribution in [3.05, 3.63) is 63.1 Å². The molecule has 0 aliphatic rings. The van der Waals surface area contributed by atoms with E-state index in [2.05, 4.69) is 21.2 Å². The van der Waals surface area contributed by atoms with Gasteiger partial charge in [0, 0.05) is 10.0 Å². The lowest BCUT2D eigenvalue weighted by molar-refractivity contribution is 0.102. The van der Waals surface area contributed by atoms with Crippen molar-refractivity contribution in [1.29, 1.82) is 0 Å². The zero-order valence-corrected chi connectivity index (χ0v) is 11.7. The van der Waals surface area contributed by atoms with E-state index in [0.29, 0.717) is 4.47 Å². The van der Waals surface area contributed by atoms with Crippen LogP contribution in [0.5, 0.6) is 0 Å². The maximum atomic E-state index is 13.2. The molecule has 2 aromatic carbocycles. The van der Waals surface area contributed by atoms with Crippen LogP contribution < -0.4 is 5.32 Å². The van der Waals surface area contributed by atoms with Gasteiger partial charge in [0.25, 0.3) is 5.91 Å². The van der Waals surface area contributed by atoms with Crippen LogP contribution in [-0.2, 0) is 0 Å². The molecule has 1 N–H and O–H groups in total. The van der Waals surface area contributed by atoms with E-state index < -0.39 is 17.5 Å². The molecule has 0 heterocycles. The fourth-order valence-corrected chi connectivity index (χ4v) is 1.89. The molecule has 0 aliphatic carbocycles. The van der Waals surface area contributed by atoms with Crippen molar-refractivity contribution in [3.63, 3.8) is 0 Å². The van der Waals surface area contributed by atoms with Crippen LogP contribution in [0, 0.1) is 11.6 Å². The number of rotatable bonds is 2. The van der Waals surface area contributed by atoms with E-state index in [0.717, 1.165) is 12.1 Å². The first-order valence-corrected chi connectivity index (χ1v) is 6.36. The maximum Gasteiger partial charge on any atom is 0.255 e. The molecule has 0 bridgehead atoms. The van der Waals surface area contributed by atoms with E-state index in [1.165, 1.54) is 24.3 Å². The molecule has 19 heavy (non-hydrogen) atoms. The fourth-order valence-electron chi connectivity index (χ4n) is 1.43. The second-order valence-corrected chi connectivity index (χ2v) is 4.97. The monoisotopic (exact) mass is 345 g/mol. The summed E-state index contributed by atoms with van der Waals surface area (Å²) in [7, 11) is 0. The first kappa shape index (κ1) is 14.0. The van der Waals surface area contributed by atoms with E-state index in [9.17, 15) is 13.6 Å². The number of carbonyl (C=O) groups excluding carboxylic acids is 1. The van der Waals surface area contributed by atoms with Crippen LogP contribution in [0.4, 0.5) is 14.5 Å². The summed E-state index contributed by atoms with van der Waals surface area (Å²) >= 11 is 8.71. The Morgan fingerprint density at radius 1 is 1.16 bits per heavy atom. The summed E-state index contributed by atoms with van der Waals surface area (Å²) in [6, 6.07) is 7.56. The van der Waals surface area contributed by atoms with Crippen molar-refractivity contribution in [2.45, 2.75) is 0 Å². The van der Waals surface area contributed by atoms with Crippen molar-refractivity contribution in [2.24, 2.45) is 0 Å². The zero-order valence-electron chi connectivity index (χ0n) is 9.38. The highest BCUT2D eigenvalue weighted by atomic mass is 79.9. The standard InChI is InChI=1S/C13H7BrClF2NO/c14-9-3-2-8(16)6-12(9)18-13(19)7-1-4-10(15)11(17)5-7/h1-6H,(H,18,19). The Hall–Kier alpha value is -1.46.